The molecule has 0 atom stereocenters. The molecule has 1 aliphatic rings. The van der Waals surface area contributed by atoms with Crippen LogP contribution in [0.3, 0.4) is 0 Å². The van der Waals surface area contributed by atoms with Crippen LogP contribution in [0.5, 0.6) is 0 Å². The molecule has 0 radical (unpaired) electrons. The number of hydrogen-bond acceptors (Lipinski definition) is 2. The zero-order chi connectivity index (χ0) is 12.0. The van der Waals surface area contributed by atoms with Crippen LogP contribution in [-0.4, -0.2) is 36.5 Å². The molecule has 1 aliphatic heterocycles. The van der Waals surface area contributed by atoms with Gasteiger partial charge in [-0.3, -0.25) is 4.79 Å². The number of nitrogens with one attached hydrogen (secondary N) is 1. The standard InChI is InChI=1S/C13H26N2O/c1-4-5-8-14-12-6-9-15(10-7-12)13(16)11(2)3/h11-12,14H,4-10H2,1-3H3. The third-order valence-electron chi connectivity index (χ3n) is 3.26. The van der Waals surface area contributed by atoms with Crippen LogP contribution < -0.4 is 5.32 Å². The number of likely N-dealkylation sites (tertiary alicyclic amines) is 1. The van der Waals surface area contributed by atoms with Crippen LogP contribution in [0.2, 0.25) is 0 Å². The fraction of sp³-hybridized carbons (Fsp3) is 0.923. The molecule has 0 aromatic carbocycles. The summed E-state index contributed by atoms with van der Waals surface area (Å²) >= 11 is 0. The molecule has 0 aromatic rings. The Hall–Kier alpha value is -0.570. The van der Waals surface area contributed by atoms with E-state index in [1.165, 1.54) is 12.8 Å². The van der Waals surface area contributed by atoms with Crippen molar-refractivity contribution in [3.63, 3.8) is 0 Å². The van der Waals surface area contributed by atoms with Gasteiger partial charge in [0, 0.05) is 25.0 Å². The molecular weight excluding hydrogens is 200 g/mol. The molecule has 0 aliphatic carbocycles. The average Bonchev–Trinajstić information content (AvgIpc) is 2.29. The van der Waals surface area contributed by atoms with Crippen molar-refractivity contribution in [3.05, 3.63) is 0 Å². The van der Waals surface area contributed by atoms with Crippen LogP contribution in [0.25, 0.3) is 0 Å². The molecule has 0 aromatic heterocycles. The van der Waals surface area contributed by atoms with Crippen molar-refractivity contribution < 1.29 is 4.79 Å². The van der Waals surface area contributed by atoms with Crippen LogP contribution in [0.15, 0.2) is 0 Å². The highest BCUT2D eigenvalue weighted by Gasteiger charge is 2.23. The topological polar surface area (TPSA) is 32.3 Å². The van der Waals surface area contributed by atoms with E-state index in [2.05, 4.69) is 12.2 Å². The van der Waals surface area contributed by atoms with Crippen LogP contribution in [0.4, 0.5) is 0 Å². The molecule has 3 heteroatoms. The van der Waals surface area contributed by atoms with Crippen molar-refractivity contribution in [1.82, 2.24) is 10.2 Å². The first-order valence-corrected chi connectivity index (χ1v) is 6.67. The van der Waals surface area contributed by atoms with Gasteiger partial charge in [0.2, 0.25) is 5.91 Å². The van der Waals surface area contributed by atoms with E-state index >= 15 is 0 Å². The number of rotatable bonds is 5. The highest BCUT2D eigenvalue weighted by atomic mass is 16.2. The Morgan fingerprint density at radius 2 is 2.00 bits per heavy atom. The predicted molar refractivity (Wildman–Crippen MR) is 67.4 cm³/mol. The molecule has 3 nitrogen and oxygen atoms in total. The van der Waals surface area contributed by atoms with Gasteiger partial charge < -0.3 is 10.2 Å². The first-order valence-electron chi connectivity index (χ1n) is 6.67. The molecule has 16 heavy (non-hydrogen) atoms. The van der Waals surface area contributed by atoms with E-state index in [9.17, 15) is 4.79 Å². The first kappa shape index (κ1) is 13.5. The van der Waals surface area contributed by atoms with Gasteiger partial charge in [-0.1, -0.05) is 27.2 Å². The Morgan fingerprint density at radius 3 is 2.50 bits per heavy atom. The number of hydrogen-bond donors (Lipinski definition) is 1. The summed E-state index contributed by atoms with van der Waals surface area (Å²) < 4.78 is 0. The summed E-state index contributed by atoms with van der Waals surface area (Å²) in [6.07, 6.45) is 4.73. The van der Waals surface area contributed by atoms with Crippen molar-refractivity contribution in [1.29, 1.82) is 0 Å². The molecule has 1 fully saturated rings. The Morgan fingerprint density at radius 1 is 1.38 bits per heavy atom. The monoisotopic (exact) mass is 226 g/mol. The minimum Gasteiger partial charge on any atom is -0.342 e. The lowest BCUT2D eigenvalue weighted by atomic mass is 10.0. The Bertz CT molecular complexity index is 208. The molecule has 1 heterocycles. The third kappa shape index (κ3) is 4.12. The van der Waals surface area contributed by atoms with E-state index in [-0.39, 0.29) is 5.92 Å². The highest BCUT2D eigenvalue weighted by Crippen LogP contribution is 2.13. The van der Waals surface area contributed by atoms with Gasteiger partial charge >= 0.3 is 0 Å². The van der Waals surface area contributed by atoms with Crippen LogP contribution >= 0.6 is 0 Å². The molecule has 0 bridgehead atoms. The predicted octanol–water partition coefficient (Wildman–Crippen LogP) is 2.02. The van der Waals surface area contributed by atoms with Crippen LogP contribution in [0, 0.1) is 5.92 Å². The number of amides is 1. The normalized spacial score (nSPS) is 18.1. The van der Waals surface area contributed by atoms with Crippen LogP contribution in [0.1, 0.15) is 46.5 Å². The highest BCUT2D eigenvalue weighted by molar-refractivity contribution is 5.78. The maximum absolute atomic E-state index is 11.8. The summed E-state index contributed by atoms with van der Waals surface area (Å²) in [5, 5.41) is 3.57. The van der Waals surface area contributed by atoms with Gasteiger partial charge in [0.15, 0.2) is 0 Å². The number of nitrogens with zero attached hydrogens (tertiary/aromatic N) is 1. The first-order chi connectivity index (χ1) is 7.65. The zero-order valence-corrected chi connectivity index (χ0v) is 11.0. The molecular formula is C13H26N2O. The lowest BCUT2D eigenvalue weighted by Crippen LogP contribution is -2.46. The van der Waals surface area contributed by atoms with E-state index in [0.29, 0.717) is 11.9 Å². The maximum Gasteiger partial charge on any atom is 0.225 e. The molecule has 0 spiro atoms. The second kappa shape index (κ2) is 6.89. The molecule has 1 amide bonds. The summed E-state index contributed by atoms with van der Waals surface area (Å²) in [5.74, 6) is 0.455. The lowest BCUT2D eigenvalue weighted by molar-refractivity contribution is -0.135. The molecule has 1 saturated heterocycles. The van der Waals surface area contributed by atoms with Gasteiger partial charge in [-0.05, 0) is 25.8 Å². The second-order valence-corrected chi connectivity index (χ2v) is 5.06. The Balaban J connectivity index is 2.20. The molecule has 94 valence electrons. The summed E-state index contributed by atoms with van der Waals surface area (Å²) in [7, 11) is 0. The summed E-state index contributed by atoms with van der Waals surface area (Å²) in [6, 6.07) is 0.628. The van der Waals surface area contributed by atoms with Crippen molar-refractivity contribution in [3.8, 4) is 0 Å². The molecule has 1 N–H and O–H groups in total. The van der Waals surface area contributed by atoms with Crippen molar-refractivity contribution in [2.45, 2.75) is 52.5 Å². The summed E-state index contributed by atoms with van der Waals surface area (Å²) in [6.45, 7) is 9.16. The summed E-state index contributed by atoms with van der Waals surface area (Å²) in [4.78, 5) is 13.8. The van der Waals surface area contributed by atoms with Crippen molar-refractivity contribution in [2.75, 3.05) is 19.6 Å². The number of piperidine rings is 1. The van der Waals surface area contributed by atoms with Crippen LogP contribution in [-0.2, 0) is 4.79 Å². The number of unbranched alkanes of at least 4 members (excludes halogenated alkanes) is 1. The largest absolute Gasteiger partial charge is 0.342 e. The van der Waals surface area contributed by atoms with Gasteiger partial charge in [0.25, 0.3) is 0 Å². The molecule has 0 unspecified atom stereocenters. The van der Waals surface area contributed by atoms with E-state index in [1.54, 1.807) is 0 Å². The third-order valence-corrected chi connectivity index (χ3v) is 3.26. The fourth-order valence-corrected chi connectivity index (χ4v) is 2.15. The Kier molecular flexibility index (Phi) is 5.81. The minimum atomic E-state index is 0.143. The maximum atomic E-state index is 11.8. The van der Waals surface area contributed by atoms with Gasteiger partial charge in [0.05, 0.1) is 0 Å². The lowest BCUT2D eigenvalue weighted by Gasteiger charge is -2.33. The van der Waals surface area contributed by atoms with E-state index in [0.717, 1.165) is 32.5 Å². The smallest absolute Gasteiger partial charge is 0.225 e. The second-order valence-electron chi connectivity index (χ2n) is 5.06. The Labute approximate surface area is 99.6 Å². The fourth-order valence-electron chi connectivity index (χ4n) is 2.15. The molecule has 0 saturated carbocycles. The zero-order valence-electron chi connectivity index (χ0n) is 11.0. The summed E-state index contributed by atoms with van der Waals surface area (Å²) in [5.41, 5.74) is 0. The van der Waals surface area contributed by atoms with E-state index < -0.39 is 0 Å². The quantitative estimate of drug-likeness (QED) is 0.727. The van der Waals surface area contributed by atoms with Gasteiger partial charge in [0.1, 0.15) is 0 Å². The number of carbonyl (C=O) groups excluding carboxylic acids is 1. The average molecular weight is 226 g/mol. The van der Waals surface area contributed by atoms with Gasteiger partial charge in [-0.2, -0.15) is 0 Å². The molecule has 1 rings (SSSR count). The van der Waals surface area contributed by atoms with Gasteiger partial charge in [-0.25, -0.2) is 0 Å². The minimum absolute atomic E-state index is 0.143. The van der Waals surface area contributed by atoms with Crippen molar-refractivity contribution >= 4 is 5.91 Å². The SMILES string of the molecule is CCCCNC1CCN(C(=O)C(C)C)CC1. The van der Waals surface area contributed by atoms with Gasteiger partial charge in [-0.15, -0.1) is 0 Å². The number of carbonyl (C=O) groups is 1. The van der Waals surface area contributed by atoms with E-state index in [4.69, 9.17) is 0 Å². The van der Waals surface area contributed by atoms with Crippen molar-refractivity contribution in [2.24, 2.45) is 5.92 Å². The van der Waals surface area contributed by atoms with E-state index in [1.807, 2.05) is 18.7 Å².